The second-order valence-corrected chi connectivity index (χ2v) is 16.2. The highest BCUT2D eigenvalue weighted by Crippen LogP contribution is 2.41. The molecular weight excluding hydrogens is 723 g/mol. The lowest BCUT2D eigenvalue weighted by Crippen LogP contribution is -1.89. The number of hydrogen-bond donors (Lipinski definition) is 1. The summed E-state index contributed by atoms with van der Waals surface area (Å²) in [6.07, 6.45) is 17.0. The third kappa shape index (κ3) is 6.77. The normalized spacial score (nSPS) is 12.9. The van der Waals surface area contributed by atoms with Crippen molar-refractivity contribution in [2.24, 2.45) is 5.92 Å². The molecule has 0 saturated heterocycles. The molecule has 58 heavy (non-hydrogen) atoms. The molecule has 4 aromatic carbocycles. The van der Waals surface area contributed by atoms with Gasteiger partial charge in [0.2, 0.25) is 0 Å². The number of nitrogens with zero attached hydrogens (tertiary/aromatic N) is 2. The van der Waals surface area contributed by atoms with Crippen LogP contribution in [0.25, 0.3) is 89.2 Å². The van der Waals surface area contributed by atoms with E-state index in [2.05, 4.69) is 208 Å². The number of fused-ring (bicyclic) bond motifs is 8. The van der Waals surface area contributed by atoms with E-state index in [1.807, 2.05) is 0 Å². The Hall–Kier alpha value is -7.06. The fraction of sp³-hybridized carbons (Fsp3) is 0.0741. The lowest BCUT2D eigenvalue weighted by molar-refractivity contribution is 1.15. The predicted octanol–water partition coefficient (Wildman–Crippen LogP) is 14.1. The molecule has 0 unspecified atom stereocenters. The Bertz CT molecular complexity index is 3050. The van der Waals surface area contributed by atoms with Gasteiger partial charge in [0.05, 0.1) is 28.7 Å². The van der Waals surface area contributed by atoms with Crippen molar-refractivity contribution in [1.82, 2.24) is 15.0 Å². The molecule has 0 saturated carbocycles. The molecule has 3 aliphatic rings. The number of thiophene rings is 1. The summed E-state index contributed by atoms with van der Waals surface area (Å²) in [5.74, 6) is 6.91. The first-order valence-corrected chi connectivity index (χ1v) is 20.5. The van der Waals surface area contributed by atoms with Gasteiger partial charge in [0.1, 0.15) is 0 Å². The van der Waals surface area contributed by atoms with E-state index in [1.165, 1.54) is 16.7 Å². The summed E-state index contributed by atoms with van der Waals surface area (Å²) >= 11 is 1.78. The van der Waals surface area contributed by atoms with E-state index in [4.69, 9.17) is 9.97 Å². The third-order valence-electron chi connectivity index (χ3n) is 11.0. The average Bonchev–Trinajstić information content (AvgIpc) is 4.10. The average molecular weight is 762 g/mol. The largest absolute Gasteiger partial charge is 0.354 e. The van der Waals surface area contributed by atoms with Gasteiger partial charge in [-0.15, -0.1) is 11.3 Å². The minimum Gasteiger partial charge on any atom is -0.354 e. The van der Waals surface area contributed by atoms with Crippen LogP contribution in [-0.2, 0) is 0 Å². The molecule has 2 aliphatic heterocycles. The first-order valence-electron chi connectivity index (χ1n) is 19.7. The van der Waals surface area contributed by atoms with Gasteiger partial charge in [-0.05, 0) is 104 Å². The molecule has 3 aromatic heterocycles. The number of benzene rings is 4. The van der Waals surface area contributed by atoms with Crippen LogP contribution >= 0.6 is 11.3 Å². The first kappa shape index (κ1) is 35.4. The van der Waals surface area contributed by atoms with Gasteiger partial charge in [0.25, 0.3) is 0 Å². The quantitative estimate of drug-likeness (QED) is 0.182. The molecule has 1 N–H and O–H groups in total. The van der Waals surface area contributed by atoms with Gasteiger partial charge >= 0.3 is 0 Å². The van der Waals surface area contributed by atoms with E-state index in [0.29, 0.717) is 0 Å². The Balaban J connectivity index is 1.31. The second-order valence-electron chi connectivity index (χ2n) is 15.1. The minimum atomic E-state index is 0.160. The molecule has 0 spiro atoms. The highest BCUT2D eigenvalue weighted by atomic mass is 32.1. The summed E-state index contributed by atoms with van der Waals surface area (Å²) in [7, 11) is 0. The molecule has 1 aliphatic carbocycles. The van der Waals surface area contributed by atoms with Crippen molar-refractivity contribution in [3.05, 3.63) is 191 Å². The van der Waals surface area contributed by atoms with Gasteiger partial charge in [-0.3, -0.25) is 0 Å². The molecule has 8 bridgehead atoms. The van der Waals surface area contributed by atoms with Crippen LogP contribution in [0.2, 0.25) is 0 Å². The molecule has 0 radical (unpaired) electrons. The minimum absolute atomic E-state index is 0.160. The summed E-state index contributed by atoms with van der Waals surface area (Å²) in [5, 5.41) is 0. The Labute approximate surface area is 343 Å². The van der Waals surface area contributed by atoms with Gasteiger partial charge in [0.15, 0.2) is 0 Å². The van der Waals surface area contributed by atoms with E-state index in [-0.39, 0.29) is 5.92 Å². The zero-order chi connectivity index (χ0) is 39.2. The SMILES string of the molecule is Cc1ccc(-c2c3nc(c(-c4ccc(C)cc4)c4ccc(s4)c(-c4ccc(C#CC5C=CC=C5)cc4)c4nc(c(-c5ccc(C)cc5)c5ccc2[nH]5)C=C4)C=C3)cc1. The number of hydrogen-bond acceptors (Lipinski definition) is 3. The molecule has 3 nitrogen and oxygen atoms in total. The zero-order valence-electron chi connectivity index (χ0n) is 32.5. The summed E-state index contributed by atoms with van der Waals surface area (Å²) in [6.45, 7) is 6.38. The number of allylic oxidation sites excluding steroid dienone is 4. The Morgan fingerprint density at radius 3 is 1.26 bits per heavy atom. The Morgan fingerprint density at radius 2 is 0.828 bits per heavy atom. The van der Waals surface area contributed by atoms with Gasteiger partial charge < -0.3 is 4.98 Å². The maximum atomic E-state index is 5.48. The smallest absolute Gasteiger partial charge is 0.0737 e. The third-order valence-corrected chi connectivity index (χ3v) is 12.1. The van der Waals surface area contributed by atoms with Crippen molar-refractivity contribution in [3.8, 4) is 56.3 Å². The molecule has 5 heterocycles. The highest BCUT2D eigenvalue weighted by molar-refractivity contribution is 7.24. The maximum absolute atomic E-state index is 5.48. The molecule has 4 heteroatoms. The number of aromatic amines is 1. The van der Waals surface area contributed by atoms with Gasteiger partial charge in [-0.2, -0.15) is 0 Å². The predicted molar refractivity (Wildman–Crippen MR) is 247 cm³/mol. The molecule has 0 atom stereocenters. The standard InChI is InChI=1S/C54H39N3S/c1-34-8-18-39(19-9-34)51-43-26-27-44(55-43)52(40-20-10-35(2)11-21-40)46-29-31-48(57-46)54(42-24-16-38(17-25-42)15-14-37-6-4-5-7-37)50-33-32-49(58-50)53(47-30-28-45(51)56-47)41-22-12-36(3)13-23-41/h4-13,16-33,37,55H,1-3H3. The van der Waals surface area contributed by atoms with Crippen LogP contribution in [0.15, 0.2) is 146 Å². The van der Waals surface area contributed by atoms with E-state index in [0.717, 1.165) is 93.3 Å². The Morgan fingerprint density at radius 1 is 0.448 bits per heavy atom. The fourth-order valence-electron chi connectivity index (χ4n) is 7.87. The molecule has 7 aromatic rings. The van der Waals surface area contributed by atoms with Crippen LogP contribution in [0.3, 0.4) is 0 Å². The van der Waals surface area contributed by atoms with E-state index < -0.39 is 0 Å². The molecule has 276 valence electrons. The van der Waals surface area contributed by atoms with Crippen molar-refractivity contribution in [2.45, 2.75) is 20.8 Å². The lowest BCUT2D eigenvalue weighted by Gasteiger charge is -2.07. The van der Waals surface area contributed by atoms with Crippen LogP contribution in [0.5, 0.6) is 0 Å². The number of rotatable bonds is 4. The lowest BCUT2D eigenvalue weighted by atomic mass is 10.0. The maximum Gasteiger partial charge on any atom is 0.0737 e. The van der Waals surface area contributed by atoms with E-state index in [1.54, 1.807) is 11.3 Å². The van der Waals surface area contributed by atoms with Crippen LogP contribution in [0.4, 0.5) is 0 Å². The molecule has 0 fully saturated rings. The van der Waals surface area contributed by atoms with Crippen LogP contribution in [0, 0.1) is 38.5 Å². The van der Waals surface area contributed by atoms with Crippen LogP contribution in [-0.4, -0.2) is 15.0 Å². The monoisotopic (exact) mass is 761 g/mol. The van der Waals surface area contributed by atoms with E-state index >= 15 is 0 Å². The summed E-state index contributed by atoms with van der Waals surface area (Å²) in [4.78, 5) is 14.8. The van der Waals surface area contributed by atoms with Gasteiger partial charge in [0, 0.05) is 48.3 Å². The molecule has 0 amide bonds. The summed E-state index contributed by atoms with van der Waals surface area (Å²) in [5.41, 5.74) is 19.0. The molecule has 10 rings (SSSR count). The number of H-pyrrole nitrogens is 1. The van der Waals surface area contributed by atoms with Gasteiger partial charge in [-0.25, -0.2) is 9.97 Å². The van der Waals surface area contributed by atoms with Crippen molar-refractivity contribution in [1.29, 1.82) is 0 Å². The zero-order valence-corrected chi connectivity index (χ0v) is 33.4. The van der Waals surface area contributed by atoms with Crippen molar-refractivity contribution < 1.29 is 0 Å². The fourth-order valence-corrected chi connectivity index (χ4v) is 9.02. The number of aryl methyl sites for hydroxylation is 3. The Kier molecular flexibility index (Phi) is 9.01. The number of aromatic nitrogens is 3. The molecular formula is C54H39N3S. The van der Waals surface area contributed by atoms with Gasteiger partial charge in [-0.1, -0.05) is 138 Å². The van der Waals surface area contributed by atoms with Crippen LogP contribution in [0.1, 0.15) is 45.0 Å². The van der Waals surface area contributed by atoms with E-state index in [9.17, 15) is 0 Å². The topological polar surface area (TPSA) is 41.6 Å². The number of nitrogens with one attached hydrogen (secondary N) is 1. The van der Waals surface area contributed by atoms with Crippen molar-refractivity contribution >= 4 is 56.1 Å². The first-order chi connectivity index (χ1) is 28.4. The second kappa shape index (κ2) is 14.8. The highest BCUT2D eigenvalue weighted by Gasteiger charge is 2.19. The van der Waals surface area contributed by atoms with Crippen LogP contribution < -0.4 is 0 Å². The van der Waals surface area contributed by atoms with Crippen molar-refractivity contribution in [3.63, 3.8) is 0 Å². The summed E-state index contributed by atoms with van der Waals surface area (Å²) in [6, 6.07) is 43.8. The van der Waals surface area contributed by atoms with Crippen molar-refractivity contribution in [2.75, 3.05) is 0 Å². The summed E-state index contributed by atoms with van der Waals surface area (Å²) < 4.78 is 2.28.